The molecule has 1 aliphatic rings. The number of imidazole rings is 1. The van der Waals surface area contributed by atoms with Crippen molar-refractivity contribution < 1.29 is 14.6 Å². The number of aliphatic hydroxyl groups excluding tert-OH is 1. The molecule has 1 fully saturated rings. The van der Waals surface area contributed by atoms with Gasteiger partial charge in [-0.3, -0.25) is 0 Å². The molecule has 0 radical (unpaired) electrons. The Morgan fingerprint density at radius 1 is 1.32 bits per heavy atom. The number of β-amino-alcohol motifs (C(OH)–C–C–N with tert-alkyl or cyclic N) is 1. The highest BCUT2D eigenvalue weighted by atomic mass is 16.6. The smallest absolute Gasteiger partial charge is 0.410 e. The predicted octanol–water partition coefficient (Wildman–Crippen LogP) is 3.20. The molecule has 1 aromatic heterocycles. The van der Waals surface area contributed by atoms with Crippen LogP contribution in [0.2, 0.25) is 0 Å². The van der Waals surface area contributed by atoms with Gasteiger partial charge in [-0.25, -0.2) is 9.78 Å². The summed E-state index contributed by atoms with van der Waals surface area (Å²) in [6.45, 7) is 10.4. The van der Waals surface area contributed by atoms with Crippen molar-refractivity contribution in [2.45, 2.75) is 58.8 Å². The third kappa shape index (κ3) is 3.63. The second-order valence-electron chi connectivity index (χ2n) is 7.87. The highest BCUT2D eigenvalue weighted by molar-refractivity contribution is 5.77. The van der Waals surface area contributed by atoms with Gasteiger partial charge in [0.25, 0.3) is 0 Å². The van der Waals surface area contributed by atoms with Crippen LogP contribution in [0.25, 0.3) is 11.0 Å². The van der Waals surface area contributed by atoms with E-state index in [1.807, 2.05) is 34.6 Å². The van der Waals surface area contributed by atoms with E-state index < -0.39 is 11.7 Å². The highest BCUT2D eigenvalue weighted by Gasteiger charge is 2.34. The third-order valence-corrected chi connectivity index (χ3v) is 4.55. The molecule has 1 saturated heterocycles. The van der Waals surface area contributed by atoms with E-state index in [-0.39, 0.29) is 18.7 Å². The Morgan fingerprint density at radius 2 is 2.04 bits per heavy atom. The number of piperidine rings is 1. The van der Waals surface area contributed by atoms with E-state index in [4.69, 9.17) is 4.74 Å². The number of carbonyl (C=O) groups is 1. The molecule has 0 spiro atoms. The number of aliphatic hydroxyl groups is 1. The molecule has 0 saturated carbocycles. The molecule has 0 aliphatic carbocycles. The number of benzene rings is 1. The lowest BCUT2D eigenvalue weighted by molar-refractivity contribution is -0.00965. The van der Waals surface area contributed by atoms with Crippen LogP contribution < -0.4 is 0 Å². The van der Waals surface area contributed by atoms with Gasteiger partial charge in [-0.1, -0.05) is 6.07 Å². The maximum Gasteiger partial charge on any atom is 0.410 e. The van der Waals surface area contributed by atoms with Gasteiger partial charge in [0.1, 0.15) is 11.4 Å². The molecule has 1 amide bonds. The Kier molecular flexibility index (Phi) is 4.49. The first-order valence-corrected chi connectivity index (χ1v) is 8.77. The van der Waals surface area contributed by atoms with Crippen molar-refractivity contribution in [3.8, 4) is 0 Å². The molecule has 1 N–H and O–H groups in total. The van der Waals surface area contributed by atoms with Gasteiger partial charge in [-0.2, -0.15) is 0 Å². The second-order valence-corrected chi connectivity index (χ2v) is 7.87. The van der Waals surface area contributed by atoms with Crippen LogP contribution in [-0.2, 0) is 4.74 Å². The summed E-state index contributed by atoms with van der Waals surface area (Å²) in [5.74, 6) is 0.885. The summed E-state index contributed by atoms with van der Waals surface area (Å²) in [6.07, 6.45) is -0.355. The van der Waals surface area contributed by atoms with Gasteiger partial charge in [0.15, 0.2) is 0 Å². The average molecular weight is 345 g/mol. The number of hydrogen-bond donors (Lipinski definition) is 1. The summed E-state index contributed by atoms with van der Waals surface area (Å²) in [6, 6.07) is 6.08. The number of hydrogen-bond acceptors (Lipinski definition) is 4. The van der Waals surface area contributed by atoms with E-state index >= 15 is 0 Å². The van der Waals surface area contributed by atoms with Gasteiger partial charge in [0.05, 0.1) is 29.7 Å². The van der Waals surface area contributed by atoms with Crippen LogP contribution >= 0.6 is 0 Å². The molecule has 3 rings (SSSR count). The lowest BCUT2D eigenvalue weighted by Gasteiger charge is -2.37. The molecule has 25 heavy (non-hydrogen) atoms. The molecule has 2 aromatic rings. The van der Waals surface area contributed by atoms with Crippen LogP contribution in [-0.4, -0.2) is 50.4 Å². The largest absolute Gasteiger partial charge is 0.444 e. The second kappa shape index (κ2) is 6.33. The Labute approximate surface area is 148 Å². The number of amides is 1. The summed E-state index contributed by atoms with van der Waals surface area (Å²) in [5.41, 5.74) is 2.60. The van der Waals surface area contributed by atoms with Crippen LogP contribution in [0.1, 0.15) is 44.6 Å². The lowest BCUT2D eigenvalue weighted by Crippen LogP contribution is -2.48. The van der Waals surface area contributed by atoms with Gasteiger partial charge < -0.3 is 19.3 Å². The zero-order valence-electron chi connectivity index (χ0n) is 15.6. The zero-order valence-corrected chi connectivity index (χ0v) is 15.6. The molecule has 6 heteroatoms. The van der Waals surface area contributed by atoms with Crippen molar-refractivity contribution in [1.82, 2.24) is 14.5 Å². The summed E-state index contributed by atoms with van der Waals surface area (Å²) in [5, 5.41) is 10.7. The minimum Gasteiger partial charge on any atom is -0.444 e. The van der Waals surface area contributed by atoms with Gasteiger partial charge in [-0.05, 0) is 58.7 Å². The van der Waals surface area contributed by atoms with E-state index in [1.165, 1.54) is 0 Å². The van der Waals surface area contributed by atoms with E-state index in [0.717, 1.165) is 22.4 Å². The predicted molar refractivity (Wildman–Crippen MR) is 96.7 cm³/mol. The molecule has 2 atom stereocenters. The van der Waals surface area contributed by atoms with Gasteiger partial charge >= 0.3 is 6.09 Å². The van der Waals surface area contributed by atoms with Crippen LogP contribution in [0.4, 0.5) is 4.79 Å². The topological polar surface area (TPSA) is 67.6 Å². The van der Waals surface area contributed by atoms with Gasteiger partial charge in [0, 0.05) is 6.54 Å². The summed E-state index contributed by atoms with van der Waals surface area (Å²) < 4.78 is 7.52. The minimum absolute atomic E-state index is 0.0913. The minimum atomic E-state index is -0.654. The maximum absolute atomic E-state index is 12.2. The SMILES string of the molecule is Cc1ccc2c(c1)nc(C)n2[C@H]1CCN(C(=O)OC(C)(C)C)C[C@@H]1O. The van der Waals surface area contributed by atoms with Crippen molar-refractivity contribution in [2.24, 2.45) is 0 Å². The standard InChI is InChI=1S/C19H27N3O3/c1-12-6-7-15-14(10-12)20-13(2)22(15)16-8-9-21(11-17(16)23)18(24)25-19(3,4)5/h6-7,10,16-17,23H,8-9,11H2,1-5H3/t16-,17-/m0/s1. The molecule has 136 valence electrons. The fraction of sp³-hybridized carbons (Fsp3) is 0.579. The fourth-order valence-corrected chi connectivity index (χ4v) is 3.46. The summed E-state index contributed by atoms with van der Waals surface area (Å²) >= 11 is 0. The number of rotatable bonds is 1. The first-order valence-electron chi connectivity index (χ1n) is 8.77. The quantitative estimate of drug-likeness (QED) is 0.862. The number of fused-ring (bicyclic) bond motifs is 1. The number of aryl methyl sites for hydroxylation is 2. The highest BCUT2D eigenvalue weighted by Crippen LogP contribution is 2.30. The summed E-state index contributed by atoms with van der Waals surface area (Å²) in [4.78, 5) is 18.5. The van der Waals surface area contributed by atoms with Crippen molar-refractivity contribution >= 4 is 17.1 Å². The van der Waals surface area contributed by atoms with E-state index in [2.05, 4.69) is 27.8 Å². The molecule has 1 aromatic carbocycles. The van der Waals surface area contributed by atoms with E-state index in [0.29, 0.717) is 13.0 Å². The normalized spacial score (nSPS) is 21.6. The average Bonchev–Trinajstić information content (AvgIpc) is 2.80. The first-order chi connectivity index (χ1) is 11.7. The Bertz CT molecular complexity index is 791. The van der Waals surface area contributed by atoms with Crippen LogP contribution in [0, 0.1) is 13.8 Å². The van der Waals surface area contributed by atoms with Gasteiger partial charge in [0.2, 0.25) is 0 Å². The lowest BCUT2D eigenvalue weighted by atomic mass is 10.0. The van der Waals surface area contributed by atoms with E-state index in [9.17, 15) is 9.90 Å². The number of ether oxygens (including phenoxy) is 1. The molecular formula is C19H27N3O3. The number of likely N-dealkylation sites (tertiary alicyclic amines) is 1. The molecule has 0 unspecified atom stereocenters. The van der Waals surface area contributed by atoms with Crippen LogP contribution in [0.3, 0.4) is 0 Å². The molecule has 0 bridgehead atoms. The Hall–Kier alpha value is -2.08. The molecule has 1 aliphatic heterocycles. The molecule has 2 heterocycles. The van der Waals surface area contributed by atoms with Gasteiger partial charge in [-0.15, -0.1) is 0 Å². The monoisotopic (exact) mass is 345 g/mol. The number of carbonyl (C=O) groups excluding carboxylic acids is 1. The van der Waals surface area contributed by atoms with E-state index in [1.54, 1.807) is 4.90 Å². The Balaban J connectivity index is 1.81. The fourth-order valence-electron chi connectivity index (χ4n) is 3.46. The van der Waals surface area contributed by atoms with Crippen molar-refractivity contribution in [3.63, 3.8) is 0 Å². The molecule has 6 nitrogen and oxygen atoms in total. The Morgan fingerprint density at radius 3 is 2.68 bits per heavy atom. The van der Waals surface area contributed by atoms with Crippen molar-refractivity contribution in [2.75, 3.05) is 13.1 Å². The first kappa shape index (κ1) is 17.7. The number of aromatic nitrogens is 2. The molecular weight excluding hydrogens is 318 g/mol. The van der Waals surface area contributed by atoms with Crippen LogP contribution in [0.5, 0.6) is 0 Å². The van der Waals surface area contributed by atoms with Crippen molar-refractivity contribution in [1.29, 1.82) is 0 Å². The van der Waals surface area contributed by atoms with Crippen LogP contribution in [0.15, 0.2) is 18.2 Å². The third-order valence-electron chi connectivity index (χ3n) is 4.55. The zero-order chi connectivity index (χ0) is 18.4. The number of nitrogens with zero attached hydrogens (tertiary/aromatic N) is 3. The van der Waals surface area contributed by atoms with Crippen molar-refractivity contribution in [3.05, 3.63) is 29.6 Å². The maximum atomic E-state index is 12.2. The summed E-state index contributed by atoms with van der Waals surface area (Å²) in [7, 11) is 0.